The van der Waals surface area contributed by atoms with E-state index in [4.69, 9.17) is 9.47 Å². The number of nitrogens with zero attached hydrogens (tertiary/aromatic N) is 2. The minimum Gasteiger partial charge on any atom is -0.497 e. The Kier molecular flexibility index (Phi) is 8.19. The van der Waals surface area contributed by atoms with Crippen LogP contribution in [0, 0.1) is 0 Å². The molecule has 144 valence electrons. The first kappa shape index (κ1) is 21.3. The van der Waals surface area contributed by atoms with Crippen LogP contribution in [0.4, 0.5) is 5.69 Å². The number of hydrogen-bond acceptors (Lipinski definition) is 6. The van der Waals surface area contributed by atoms with E-state index in [-0.39, 0.29) is 29.3 Å². The van der Waals surface area contributed by atoms with Gasteiger partial charge in [-0.15, -0.1) is 17.0 Å². The number of benzene rings is 2. The van der Waals surface area contributed by atoms with Gasteiger partial charge in [-0.25, -0.2) is 0 Å². The summed E-state index contributed by atoms with van der Waals surface area (Å²) in [5.74, 6) is 2.41. The van der Waals surface area contributed by atoms with Crippen LogP contribution >= 0.6 is 28.7 Å². The van der Waals surface area contributed by atoms with Crippen LogP contribution in [0.2, 0.25) is 0 Å². The molecule has 0 amide bonds. The topological polar surface area (TPSA) is 51.1 Å². The number of halogens is 1. The minimum atomic E-state index is 0. The maximum Gasteiger partial charge on any atom is 0.182 e. The first-order valence-electron chi connectivity index (χ1n) is 8.48. The van der Waals surface area contributed by atoms with Gasteiger partial charge in [-0.1, -0.05) is 42.1 Å². The summed E-state index contributed by atoms with van der Waals surface area (Å²) in [7, 11) is 3.25. The van der Waals surface area contributed by atoms with Gasteiger partial charge in [-0.05, 0) is 18.6 Å². The van der Waals surface area contributed by atoms with Crippen LogP contribution in [-0.4, -0.2) is 44.0 Å². The predicted molar refractivity (Wildman–Crippen MR) is 117 cm³/mol. The molecule has 1 aliphatic rings. The number of anilines is 1. The summed E-state index contributed by atoms with van der Waals surface area (Å²) >= 11 is 1.66. The number of methoxy groups -OCH3 is 2. The van der Waals surface area contributed by atoms with Gasteiger partial charge in [-0.2, -0.15) is 0 Å². The van der Waals surface area contributed by atoms with Crippen molar-refractivity contribution < 1.29 is 14.3 Å². The first-order valence-corrected chi connectivity index (χ1v) is 9.46. The molecule has 5 nitrogen and oxygen atoms in total. The normalized spacial score (nSPS) is 13.2. The monoisotopic (exact) mass is 450 g/mol. The van der Waals surface area contributed by atoms with Crippen molar-refractivity contribution in [2.24, 2.45) is 4.99 Å². The summed E-state index contributed by atoms with van der Waals surface area (Å²) in [5, 5.41) is 0.840. The number of ketones is 1. The summed E-state index contributed by atoms with van der Waals surface area (Å²) in [6, 6.07) is 14.9. The number of aliphatic imine (C=N–C) groups is 1. The Morgan fingerprint density at radius 1 is 1.15 bits per heavy atom. The summed E-state index contributed by atoms with van der Waals surface area (Å²) < 4.78 is 10.9. The van der Waals surface area contributed by atoms with Crippen molar-refractivity contribution in [1.82, 2.24) is 0 Å². The van der Waals surface area contributed by atoms with Gasteiger partial charge >= 0.3 is 0 Å². The van der Waals surface area contributed by atoms with Crippen molar-refractivity contribution in [3.63, 3.8) is 0 Å². The molecule has 0 saturated carbocycles. The van der Waals surface area contributed by atoms with Crippen LogP contribution in [0.3, 0.4) is 0 Å². The van der Waals surface area contributed by atoms with Crippen LogP contribution in [0.5, 0.6) is 11.5 Å². The third kappa shape index (κ3) is 5.26. The molecule has 1 heterocycles. The third-order valence-corrected chi connectivity index (χ3v) is 5.19. The van der Waals surface area contributed by atoms with Crippen molar-refractivity contribution in [1.29, 1.82) is 0 Å². The molecule has 0 atom stereocenters. The zero-order valence-electron chi connectivity index (χ0n) is 15.4. The molecule has 27 heavy (non-hydrogen) atoms. The zero-order chi connectivity index (χ0) is 18.4. The van der Waals surface area contributed by atoms with E-state index < -0.39 is 0 Å². The number of carbonyl (C=O) groups excluding carboxylic acids is 1. The number of hydrogen-bond donors (Lipinski definition) is 0. The van der Waals surface area contributed by atoms with Crippen LogP contribution in [0.1, 0.15) is 16.8 Å². The van der Waals surface area contributed by atoms with Crippen LogP contribution in [0.15, 0.2) is 53.5 Å². The third-order valence-electron chi connectivity index (χ3n) is 4.09. The Hall–Kier alpha value is -1.99. The standard InChI is InChI=1S/C20H22N2O3S.BrH/c1-24-16-9-10-19(25-2)17(13-16)22(20-21-11-6-12-26-20)14-18(23)15-7-4-3-5-8-15;/h3-5,7-10,13H,6,11-12,14H2,1-2H3;1H. The second kappa shape index (κ2) is 10.4. The van der Waals surface area contributed by atoms with E-state index in [0.29, 0.717) is 17.1 Å². The zero-order valence-corrected chi connectivity index (χ0v) is 17.9. The van der Waals surface area contributed by atoms with E-state index in [2.05, 4.69) is 4.99 Å². The molecule has 3 rings (SSSR count). The van der Waals surface area contributed by atoms with Crippen molar-refractivity contribution >= 4 is 45.4 Å². The number of thioether (sulfide) groups is 1. The highest BCUT2D eigenvalue weighted by Gasteiger charge is 2.23. The van der Waals surface area contributed by atoms with E-state index in [1.807, 2.05) is 53.4 Å². The van der Waals surface area contributed by atoms with E-state index >= 15 is 0 Å². The Balaban J connectivity index is 0.00000261. The van der Waals surface area contributed by atoms with Gasteiger partial charge in [0.1, 0.15) is 11.5 Å². The van der Waals surface area contributed by atoms with E-state index in [1.165, 1.54) is 0 Å². The molecule has 0 fully saturated rings. The molecule has 0 radical (unpaired) electrons. The van der Waals surface area contributed by atoms with E-state index in [9.17, 15) is 4.79 Å². The fourth-order valence-electron chi connectivity index (χ4n) is 2.73. The molecule has 0 aromatic heterocycles. The smallest absolute Gasteiger partial charge is 0.182 e. The Morgan fingerprint density at radius 3 is 2.56 bits per heavy atom. The van der Waals surface area contributed by atoms with Gasteiger partial charge in [0.2, 0.25) is 0 Å². The predicted octanol–water partition coefficient (Wildman–Crippen LogP) is 4.46. The summed E-state index contributed by atoms with van der Waals surface area (Å²) in [6.07, 6.45) is 1.05. The SMILES string of the molecule is Br.COc1ccc(OC)c(N(CC(=O)c2ccccc2)C2=NCCCS2)c1. The summed E-state index contributed by atoms with van der Waals surface area (Å²) in [5.41, 5.74) is 1.46. The molecule has 2 aromatic rings. The van der Waals surface area contributed by atoms with Gasteiger partial charge in [-0.3, -0.25) is 9.79 Å². The quantitative estimate of drug-likeness (QED) is 0.607. The Morgan fingerprint density at radius 2 is 1.93 bits per heavy atom. The van der Waals surface area contributed by atoms with Gasteiger partial charge in [0.25, 0.3) is 0 Å². The molecular formula is C20H23BrN2O3S. The van der Waals surface area contributed by atoms with Crippen molar-refractivity contribution in [3.05, 3.63) is 54.1 Å². The van der Waals surface area contributed by atoms with Crippen molar-refractivity contribution in [2.75, 3.05) is 38.0 Å². The highest BCUT2D eigenvalue weighted by Crippen LogP contribution is 2.35. The van der Waals surface area contributed by atoms with E-state index in [1.54, 1.807) is 26.0 Å². The van der Waals surface area contributed by atoms with Gasteiger partial charge in [0, 0.05) is 23.9 Å². The molecule has 0 unspecified atom stereocenters. The molecule has 0 N–H and O–H groups in total. The molecule has 2 aromatic carbocycles. The maximum atomic E-state index is 12.8. The molecule has 0 saturated heterocycles. The number of rotatable bonds is 6. The maximum absolute atomic E-state index is 12.8. The lowest BCUT2D eigenvalue weighted by Crippen LogP contribution is -2.36. The molecule has 0 aliphatic carbocycles. The number of ether oxygens (including phenoxy) is 2. The lowest BCUT2D eigenvalue weighted by Gasteiger charge is -2.28. The fraction of sp³-hybridized carbons (Fsp3) is 0.300. The molecule has 0 spiro atoms. The van der Waals surface area contributed by atoms with Crippen molar-refractivity contribution in [3.8, 4) is 11.5 Å². The highest BCUT2D eigenvalue weighted by atomic mass is 79.9. The second-order valence-electron chi connectivity index (χ2n) is 5.78. The van der Waals surface area contributed by atoms with Gasteiger partial charge < -0.3 is 14.4 Å². The number of carbonyl (C=O) groups is 1. The molecule has 1 aliphatic heterocycles. The first-order chi connectivity index (χ1) is 12.7. The van der Waals surface area contributed by atoms with E-state index in [0.717, 1.165) is 29.6 Å². The Bertz CT molecular complexity index is 799. The highest BCUT2D eigenvalue weighted by molar-refractivity contribution is 8.93. The van der Waals surface area contributed by atoms with Gasteiger partial charge in [0.15, 0.2) is 11.0 Å². The molecule has 7 heteroatoms. The average molecular weight is 451 g/mol. The summed E-state index contributed by atoms with van der Waals surface area (Å²) in [6.45, 7) is 0.962. The Labute approximate surface area is 174 Å². The fourth-order valence-corrected chi connectivity index (χ4v) is 3.69. The summed E-state index contributed by atoms with van der Waals surface area (Å²) in [4.78, 5) is 19.4. The van der Waals surface area contributed by atoms with Crippen LogP contribution in [0.25, 0.3) is 0 Å². The molecular weight excluding hydrogens is 428 g/mol. The van der Waals surface area contributed by atoms with Crippen molar-refractivity contribution in [2.45, 2.75) is 6.42 Å². The lowest BCUT2D eigenvalue weighted by molar-refractivity contribution is 0.100. The molecule has 0 bridgehead atoms. The number of Topliss-reactive ketones (excluding diaryl/α,β-unsaturated/α-hetero) is 1. The van der Waals surface area contributed by atoms with Crippen LogP contribution < -0.4 is 14.4 Å². The largest absolute Gasteiger partial charge is 0.497 e. The lowest BCUT2D eigenvalue weighted by atomic mass is 10.1. The second-order valence-corrected chi connectivity index (χ2v) is 6.84. The number of amidine groups is 1. The average Bonchev–Trinajstić information content (AvgIpc) is 2.72. The van der Waals surface area contributed by atoms with Crippen LogP contribution in [-0.2, 0) is 0 Å². The van der Waals surface area contributed by atoms with Gasteiger partial charge in [0.05, 0.1) is 26.5 Å². The minimum absolute atomic E-state index is 0.